The number of rotatable bonds is 2. The summed E-state index contributed by atoms with van der Waals surface area (Å²) in [6.07, 6.45) is 4.90. The van der Waals surface area contributed by atoms with Crippen LogP contribution in [0.4, 0.5) is 5.82 Å². The number of pyridine rings is 1. The first-order valence-corrected chi connectivity index (χ1v) is 4.48. The predicted molar refractivity (Wildman–Crippen MR) is 57.6 cm³/mol. The molecule has 2 N–H and O–H groups in total. The molecule has 0 aliphatic heterocycles. The second-order valence-electron chi connectivity index (χ2n) is 2.98. The number of aromatic nitrogens is 3. The Morgan fingerprint density at radius 2 is 2.20 bits per heavy atom. The smallest absolute Gasteiger partial charge is 0.247 e. The normalized spacial score (nSPS) is 9.93. The number of anilines is 1. The average Bonchev–Trinajstić information content (AvgIpc) is 2.30. The molecule has 0 radical (unpaired) electrons. The highest BCUT2D eigenvalue weighted by Gasteiger charge is 2.00. The molecule has 2 heterocycles. The lowest BCUT2D eigenvalue weighted by molar-refractivity contribution is 1.17. The summed E-state index contributed by atoms with van der Waals surface area (Å²) in [6, 6.07) is 3.17. The van der Waals surface area contributed by atoms with Crippen LogP contribution < -0.4 is 10.9 Å². The van der Waals surface area contributed by atoms with E-state index < -0.39 is 0 Å². The van der Waals surface area contributed by atoms with Crippen LogP contribution in [0.3, 0.4) is 0 Å². The highest BCUT2D eigenvalue weighted by atomic mass is 16.1. The van der Waals surface area contributed by atoms with Crippen molar-refractivity contribution in [2.45, 2.75) is 0 Å². The van der Waals surface area contributed by atoms with Crippen molar-refractivity contribution in [3.63, 3.8) is 0 Å². The molecule has 0 atom stereocenters. The zero-order valence-electron chi connectivity index (χ0n) is 8.19. The molecule has 0 fully saturated rings. The lowest BCUT2D eigenvalue weighted by atomic mass is 10.2. The van der Waals surface area contributed by atoms with Gasteiger partial charge in [0.05, 0.1) is 18.1 Å². The van der Waals surface area contributed by atoms with Gasteiger partial charge in [0.15, 0.2) is 0 Å². The molecule has 5 nitrogen and oxygen atoms in total. The predicted octanol–water partition coefficient (Wildman–Crippen LogP) is 0.874. The lowest BCUT2D eigenvalue weighted by Crippen LogP contribution is -2.02. The van der Waals surface area contributed by atoms with Crippen molar-refractivity contribution < 1.29 is 0 Å². The van der Waals surface area contributed by atoms with Gasteiger partial charge in [0.25, 0.3) is 0 Å². The molecule has 2 aromatic rings. The van der Waals surface area contributed by atoms with Gasteiger partial charge in [-0.1, -0.05) is 0 Å². The van der Waals surface area contributed by atoms with Crippen LogP contribution in [0, 0.1) is 0 Å². The minimum Gasteiger partial charge on any atom is -0.372 e. The Hall–Kier alpha value is -2.17. The summed E-state index contributed by atoms with van der Waals surface area (Å²) in [6.45, 7) is 0. The van der Waals surface area contributed by atoms with Crippen molar-refractivity contribution in [3.05, 3.63) is 41.1 Å². The SMILES string of the molecule is CNc1cncc(-c2ccc(=O)[nH]c2)n1. The first-order valence-electron chi connectivity index (χ1n) is 4.48. The molecule has 5 heteroatoms. The maximum atomic E-state index is 10.9. The Labute approximate surface area is 86.2 Å². The third kappa shape index (κ3) is 2.01. The van der Waals surface area contributed by atoms with Gasteiger partial charge in [0, 0.05) is 24.9 Å². The van der Waals surface area contributed by atoms with Crippen molar-refractivity contribution >= 4 is 5.82 Å². The van der Waals surface area contributed by atoms with Crippen LogP contribution in [0.15, 0.2) is 35.5 Å². The van der Waals surface area contributed by atoms with E-state index in [0.29, 0.717) is 5.82 Å². The number of H-pyrrole nitrogens is 1. The van der Waals surface area contributed by atoms with E-state index in [1.807, 2.05) is 0 Å². The van der Waals surface area contributed by atoms with E-state index in [9.17, 15) is 4.79 Å². The molecule has 15 heavy (non-hydrogen) atoms. The maximum Gasteiger partial charge on any atom is 0.247 e. The third-order valence-electron chi connectivity index (χ3n) is 1.97. The zero-order valence-corrected chi connectivity index (χ0v) is 8.19. The molecule has 0 aliphatic rings. The lowest BCUT2D eigenvalue weighted by Gasteiger charge is -2.02. The minimum atomic E-state index is -0.128. The Morgan fingerprint density at radius 3 is 2.87 bits per heavy atom. The summed E-state index contributed by atoms with van der Waals surface area (Å²) in [5.41, 5.74) is 1.42. The topological polar surface area (TPSA) is 70.7 Å². The van der Waals surface area contributed by atoms with E-state index in [0.717, 1.165) is 11.3 Å². The van der Waals surface area contributed by atoms with E-state index in [-0.39, 0.29) is 5.56 Å². The van der Waals surface area contributed by atoms with E-state index in [1.54, 1.807) is 31.7 Å². The van der Waals surface area contributed by atoms with Gasteiger partial charge in [-0.05, 0) is 6.07 Å². The van der Waals surface area contributed by atoms with Gasteiger partial charge in [0.2, 0.25) is 5.56 Å². The highest BCUT2D eigenvalue weighted by molar-refractivity contribution is 5.58. The van der Waals surface area contributed by atoms with Gasteiger partial charge in [-0.25, -0.2) is 4.98 Å². The van der Waals surface area contributed by atoms with Gasteiger partial charge < -0.3 is 10.3 Å². The quantitative estimate of drug-likeness (QED) is 0.758. The molecule has 0 amide bonds. The summed E-state index contributed by atoms with van der Waals surface area (Å²) in [4.78, 5) is 21.8. The van der Waals surface area contributed by atoms with Crippen LogP contribution in [0.2, 0.25) is 0 Å². The largest absolute Gasteiger partial charge is 0.372 e. The molecule has 0 saturated heterocycles. The van der Waals surface area contributed by atoms with Gasteiger partial charge in [0.1, 0.15) is 5.82 Å². The second-order valence-corrected chi connectivity index (χ2v) is 2.98. The summed E-state index contributed by atoms with van der Waals surface area (Å²) in [7, 11) is 1.78. The molecule has 2 rings (SSSR count). The standard InChI is InChI=1S/C10H10N4O/c1-11-9-6-12-5-8(14-9)7-2-3-10(15)13-4-7/h2-6H,1H3,(H,11,14)(H,13,15). The summed E-state index contributed by atoms with van der Waals surface area (Å²) >= 11 is 0. The number of nitrogens with one attached hydrogen (secondary N) is 2. The van der Waals surface area contributed by atoms with E-state index in [2.05, 4.69) is 20.3 Å². The first kappa shape index (κ1) is 9.39. The van der Waals surface area contributed by atoms with E-state index >= 15 is 0 Å². The van der Waals surface area contributed by atoms with Crippen molar-refractivity contribution in [3.8, 4) is 11.3 Å². The number of hydrogen-bond acceptors (Lipinski definition) is 4. The highest BCUT2D eigenvalue weighted by Crippen LogP contribution is 2.14. The van der Waals surface area contributed by atoms with Crippen LogP contribution in [0.5, 0.6) is 0 Å². The molecule has 2 aromatic heterocycles. The van der Waals surface area contributed by atoms with Gasteiger partial charge in [-0.15, -0.1) is 0 Å². The Morgan fingerprint density at radius 1 is 1.33 bits per heavy atom. The molecule has 0 aliphatic carbocycles. The molecule has 0 bridgehead atoms. The Balaban J connectivity index is 2.44. The van der Waals surface area contributed by atoms with Crippen molar-refractivity contribution in [1.29, 1.82) is 0 Å². The fourth-order valence-corrected chi connectivity index (χ4v) is 1.20. The zero-order chi connectivity index (χ0) is 10.7. The van der Waals surface area contributed by atoms with Crippen molar-refractivity contribution in [2.75, 3.05) is 12.4 Å². The van der Waals surface area contributed by atoms with Crippen LogP contribution >= 0.6 is 0 Å². The average molecular weight is 202 g/mol. The molecular formula is C10H10N4O. The van der Waals surface area contributed by atoms with E-state index in [1.165, 1.54) is 6.07 Å². The van der Waals surface area contributed by atoms with Gasteiger partial charge >= 0.3 is 0 Å². The van der Waals surface area contributed by atoms with Gasteiger partial charge in [-0.2, -0.15) is 0 Å². The molecule has 76 valence electrons. The number of hydrogen-bond donors (Lipinski definition) is 2. The molecule has 0 unspecified atom stereocenters. The summed E-state index contributed by atoms with van der Waals surface area (Å²) in [5, 5.41) is 2.90. The van der Waals surface area contributed by atoms with Crippen molar-refractivity contribution in [2.24, 2.45) is 0 Å². The molecule has 0 saturated carbocycles. The number of aromatic amines is 1. The third-order valence-corrected chi connectivity index (χ3v) is 1.97. The minimum absolute atomic E-state index is 0.128. The summed E-state index contributed by atoms with van der Waals surface area (Å²) in [5.74, 6) is 0.693. The number of nitrogens with zero attached hydrogens (tertiary/aromatic N) is 2. The second kappa shape index (κ2) is 3.91. The molecular weight excluding hydrogens is 192 g/mol. The summed E-state index contributed by atoms with van der Waals surface area (Å²) < 4.78 is 0. The van der Waals surface area contributed by atoms with Crippen molar-refractivity contribution in [1.82, 2.24) is 15.0 Å². The van der Waals surface area contributed by atoms with Crippen LogP contribution in [0.25, 0.3) is 11.3 Å². The van der Waals surface area contributed by atoms with Crippen LogP contribution in [0.1, 0.15) is 0 Å². The maximum absolute atomic E-state index is 10.9. The first-order chi connectivity index (χ1) is 7.29. The Bertz CT molecular complexity index is 500. The fraction of sp³-hybridized carbons (Fsp3) is 0.100. The Kier molecular flexibility index (Phi) is 2.45. The fourth-order valence-electron chi connectivity index (χ4n) is 1.20. The van der Waals surface area contributed by atoms with Crippen LogP contribution in [-0.2, 0) is 0 Å². The van der Waals surface area contributed by atoms with E-state index in [4.69, 9.17) is 0 Å². The monoisotopic (exact) mass is 202 g/mol. The van der Waals surface area contributed by atoms with Gasteiger partial charge in [-0.3, -0.25) is 9.78 Å². The molecule has 0 aromatic carbocycles. The molecule has 0 spiro atoms. The van der Waals surface area contributed by atoms with Crippen LogP contribution in [-0.4, -0.2) is 22.0 Å².